The van der Waals surface area contributed by atoms with E-state index in [1.807, 2.05) is 0 Å². The Morgan fingerprint density at radius 3 is 2.48 bits per heavy atom. The summed E-state index contributed by atoms with van der Waals surface area (Å²) in [5, 5.41) is 9.47. The smallest absolute Gasteiger partial charge is 0.410 e. The molecule has 0 bridgehead atoms. The van der Waals surface area contributed by atoms with Crippen LogP contribution < -0.4 is 0 Å². The summed E-state index contributed by atoms with van der Waals surface area (Å²) in [6.45, 7) is 7.36. The highest BCUT2D eigenvalue weighted by Gasteiger charge is 2.42. The Balaban J connectivity index is 2.25. The molecule has 0 saturated carbocycles. The van der Waals surface area contributed by atoms with E-state index in [1.54, 1.807) is 33.8 Å². The number of carboxylic acids is 1. The summed E-state index contributed by atoms with van der Waals surface area (Å²) in [5.41, 5.74) is 0.803. The van der Waals surface area contributed by atoms with Crippen LogP contribution in [0, 0.1) is 18.7 Å². The number of carbonyl (C=O) groups is 2. The van der Waals surface area contributed by atoms with Crippen LogP contribution in [0.2, 0.25) is 0 Å². The zero-order valence-electron chi connectivity index (χ0n) is 13.8. The first kappa shape index (κ1) is 17.2. The van der Waals surface area contributed by atoms with Crippen molar-refractivity contribution in [1.82, 2.24) is 4.90 Å². The predicted molar refractivity (Wildman–Crippen MR) is 82.8 cm³/mol. The number of benzene rings is 1. The lowest BCUT2D eigenvalue weighted by atomic mass is 9.86. The molecule has 0 aromatic heterocycles. The molecular weight excluding hydrogens is 301 g/mol. The van der Waals surface area contributed by atoms with Crippen LogP contribution in [0.3, 0.4) is 0 Å². The lowest BCUT2D eigenvalue weighted by Crippen LogP contribution is -2.35. The van der Waals surface area contributed by atoms with Gasteiger partial charge in [-0.25, -0.2) is 9.18 Å². The van der Waals surface area contributed by atoms with E-state index in [9.17, 15) is 19.1 Å². The number of hydrogen-bond donors (Lipinski definition) is 1. The van der Waals surface area contributed by atoms with Crippen molar-refractivity contribution < 1.29 is 23.8 Å². The molecule has 1 aliphatic heterocycles. The summed E-state index contributed by atoms with van der Waals surface area (Å²) in [6, 6.07) is 4.30. The van der Waals surface area contributed by atoms with Crippen molar-refractivity contribution in [2.24, 2.45) is 5.92 Å². The second-order valence-electron chi connectivity index (χ2n) is 6.94. The van der Waals surface area contributed by atoms with Gasteiger partial charge in [0.2, 0.25) is 0 Å². The molecule has 6 heteroatoms. The number of ether oxygens (including phenoxy) is 1. The van der Waals surface area contributed by atoms with Crippen molar-refractivity contribution in [3.05, 3.63) is 35.1 Å². The van der Waals surface area contributed by atoms with Crippen molar-refractivity contribution in [2.45, 2.75) is 39.2 Å². The van der Waals surface area contributed by atoms with Crippen molar-refractivity contribution in [3.63, 3.8) is 0 Å². The maximum Gasteiger partial charge on any atom is 0.410 e. The molecule has 1 N–H and O–H groups in total. The van der Waals surface area contributed by atoms with Crippen molar-refractivity contribution >= 4 is 12.1 Å². The third-order valence-corrected chi connectivity index (χ3v) is 3.92. The first-order chi connectivity index (χ1) is 10.6. The molecule has 2 rings (SSSR count). The fourth-order valence-electron chi connectivity index (χ4n) is 2.90. The largest absolute Gasteiger partial charge is 0.481 e. The molecule has 1 saturated heterocycles. The standard InChI is InChI=1S/C17H22FNO4/c1-10-7-11(18)5-6-12(10)13-8-19(9-14(13)15(20)21)16(22)23-17(2,3)4/h5-7,13-14H,8-9H2,1-4H3,(H,20,21)/t13-,14+/m1/s1. The van der Waals surface area contributed by atoms with Gasteiger partial charge < -0.3 is 14.7 Å². The quantitative estimate of drug-likeness (QED) is 0.908. The van der Waals surface area contributed by atoms with E-state index in [4.69, 9.17) is 4.74 Å². The highest BCUT2D eigenvalue weighted by molar-refractivity contribution is 5.76. The van der Waals surface area contributed by atoms with Gasteiger partial charge >= 0.3 is 12.1 Å². The highest BCUT2D eigenvalue weighted by atomic mass is 19.1. The van der Waals surface area contributed by atoms with Gasteiger partial charge in [0.25, 0.3) is 0 Å². The molecule has 5 nitrogen and oxygen atoms in total. The van der Waals surface area contributed by atoms with E-state index in [1.165, 1.54) is 17.0 Å². The molecular formula is C17H22FNO4. The van der Waals surface area contributed by atoms with Gasteiger partial charge in [-0.3, -0.25) is 4.79 Å². The molecule has 1 aromatic carbocycles. The predicted octanol–water partition coefficient (Wildman–Crippen LogP) is 3.17. The third-order valence-electron chi connectivity index (χ3n) is 3.92. The molecule has 126 valence electrons. The second kappa shape index (κ2) is 6.18. The van der Waals surface area contributed by atoms with E-state index >= 15 is 0 Å². The Kier molecular flexibility index (Phi) is 4.63. The van der Waals surface area contributed by atoms with Gasteiger partial charge in [0.1, 0.15) is 11.4 Å². The monoisotopic (exact) mass is 323 g/mol. The van der Waals surface area contributed by atoms with Gasteiger partial charge in [-0.15, -0.1) is 0 Å². The molecule has 0 spiro atoms. The first-order valence-electron chi connectivity index (χ1n) is 7.55. The number of rotatable bonds is 2. The Labute approximate surface area is 135 Å². The van der Waals surface area contributed by atoms with Gasteiger partial charge in [-0.2, -0.15) is 0 Å². The van der Waals surface area contributed by atoms with Crippen molar-refractivity contribution in [1.29, 1.82) is 0 Å². The number of aliphatic carboxylic acids is 1. The highest BCUT2D eigenvalue weighted by Crippen LogP contribution is 2.35. The number of halogens is 1. The second-order valence-corrected chi connectivity index (χ2v) is 6.94. The lowest BCUT2D eigenvalue weighted by molar-refractivity contribution is -0.141. The first-order valence-corrected chi connectivity index (χ1v) is 7.55. The van der Waals surface area contributed by atoms with E-state index in [-0.39, 0.29) is 24.8 Å². The topological polar surface area (TPSA) is 66.8 Å². The van der Waals surface area contributed by atoms with Gasteiger partial charge in [0.15, 0.2) is 0 Å². The summed E-state index contributed by atoms with van der Waals surface area (Å²) in [7, 11) is 0. The summed E-state index contributed by atoms with van der Waals surface area (Å²) < 4.78 is 18.6. The summed E-state index contributed by atoms with van der Waals surface area (Å²) in [6.07, 6.45) is -0.522. The van der Waals surface area contributed by atoms with E-state index in [0.29, 0.717) is 5.56 Å². The molecule has 0 radical (unpaired) electrons. The van der Waals surface area contributed by atoms with Crippen LogP contribution in [0.1, 0.15) is 37.8 Å². The van der Waals surface area contributed by atoms with Crippen LogP contribution >= 0.6 is 0 Å². The van der Waals surface area contributed by atoms with Gasteiger partial charge in [-0.1, -0.05) is 6.07 Å². The van der Waals surface area contributed by atoms with Gasteiger partial charge in [0, 0.05) is 19.0 Å². The average molecular weight is 323 g/mol. The minimum Gasteiger partial charge on any atom is -0.481 e. The van der Waals surface area contributed by atoms with Crippen LogP contribution in [0.25, 0.3) is 0 Å². The maximum atomic E-state index is 13.3. The molecule has 23 heavy (non-hydrogen) atoms. The van der Waals surface area contributed by atoms with Crippen LogP contribution in [0.15, 0.2) is 18.2 Å². The third kappa shape index (κ3) is 4.00. The summed E-state index contributed by atoms with van der Waals surface area (Å²) >= 11 is 0. The number of aryl methyl sites for hydroxylation is 1. The molecule has 1 amide bonds. The van der Waals surface area contributed by atoms with Crippen LogP contribution in [0.4, 0.5) is 9.18 Å². The van der Waals surface area contributed by atoms with E-state index in [0.717, 1.165) is 5.56 Å². The van der Waals surface area contributed by atoms with E-state index in [2.05, 4.69) is 0 Å². The number of hydrogen-bond acceptors (Lipinski definition) is 3. The number of likely N-dealkylation sites (tertiary alicyclic amines) is 1. The molecule has 1 fully saturated rings. The normalized spacial score (nSPS) is 21.3. The summed E-state index contributed by atoms with van der Waals surface area (Å²) in [5.74, 6) is -2.43. The average Bonchev–Trinajstić information content (AvgIpc) is 2.81. The molecule has 1 aliphatic rings. The number of amides is 1. The zero-order valence-corrected chi connectivity index (χ0v) is 13.8. The number of nitrogens with zero attached hydrogens (tertiary/aromatic N) is 1. The van der Waals surface area contributed by atoms with Crippen molar-refractivity contribution in [2.75, 3.05) is 13.1 Å². The van der Waals surface area contributed by atoms with Crippen molar-refractivity contribution in [3.8, 4) is 0 Å². The number of carbonyl (C=O) groups excluding carboxylic acids is 1. The zero-order chi connectivity index (χ0) is 17.4. The Hall–Kier alpha value is -2.11. The minimum absolute atomic E-state index is 0.0890. The summed E-state index contributed by atoms with van der Waals surface area (Å²) in [4.78, 5) is 25.2. The lowest BCUT2D eigenvalue weighted by Gasteiger charge is -2.24. The fourth-order valence-corrected chi connectivity index (χ4v) is 2.90. The van der Waals surface area contributed by atoms with Crippen LogP contribution in [-0.4, -0.2) is 40.8 Å². The van der Waals surface area contributed by atoms with Crippen LogP contribution in [-0.2, 0) is 9.53 Å². The molecule has 2 atom stereocenters. The Bertz CT molecular complexity index is 624. The maximum absolute atomic E-state index is 13.3. The number of carboxylic acid groups (broad SMARTS) is 1. The molecule has 1 aromatic rings. The molecule has 1 heterocycles. The SMILES string of the molecule is Cc1cc(F)ccc1[C@H]1CN(C(=O)OC(C)(C)C)C[C@@H]1C(=O)O. The van der Waals surface area contributed by atoms with Gasteiger partial charge in [0.05, 0.1) is 5.92 Å². The molecule has 0 aliphatic carbocycles. The Morgan fingerprint density at radius 2 is 1.96 bits per heavy atom. The minimum atomic E-state index is -0.968. The Morgan fingerprint density at radius 1 is 1.30 bits per heavy atom. The van der Waals surface area contributed by atoms with Gasteiger partial charge in [-0.05, 0) is 51.0 Å². The fraction of sp³-hybridized carbons (Fsp3) is 0.529. The van der Waals surface area contributed by atoms with Crippen LogP contribution in [0.5, 0.6) is 0 Å². The van der Waals surface area contributed by atoms with E-state index < -0.39 is 23.6 Å². The molecule has 0 unspecified atom stereocenters.